The Hall–Kier alpha value is -3.84. The highest BCUT2D eigenvalue weighted by Crippen LogP contribution is 2.35. The number of aromatic amines is 1. The highest BCUT2D eigenvalue weighted by Gasteiger charge is 2.42. The van der Waals surface area contributed by atoms with Crippen LogP contribution >= 0.6 is 11.9 Å². The van der Waals surface area contributed by atoms with E-state index in [9.17, 15) is 29.1 Å². The molecular weight excluding hydrogens is 719 g/mol. The Kier molecular flexibility index (Phi) is 16.5. The Balaban J connectivity index is 0.000000213. The Morgan fingerprint density at radius 2 is 1.64 bits per heavy atom. The summed E-state index contributed by atoms with van der Waals surface area (Å²) in [5.74, 6) is 1.08. The number of aliphatic hydroxyl groups is 1. The van der Waals surface area contributed by atoms with Crippen molar-refractivity contribution in [3.63, 3.8) is 0 Å². The number of amides is 4. The molecule has 55 heavy (non-hydrogen) atoms. The van der Waals surface area contributed by atoms with Gasteiger partial charge in [0.15, 0.2) is 0 Å². The number of likely N-dealkylation sites (tertiary alicyclic amines) is 1. The maximum absolute atomic E-state index is 13.3. The van der Waals surface area contributed by atoms with Gasteiger partial charge in [-0.15, -0.1) is 0 Å². The summed E-state index contributed by atoms with van der Waals surface area (Å²) >= 11 is 1.46. The fraction of sp³-hybridized carbons (Fsp3) is 0.643. The maximum atomic E-state index is 13.3. The van der Waals surface area contributed by atoms with Crippen LogP contribution in [0.25, 0.3) is 10.9 Å². The molecule has 12 nitrogen and oxygen atoms in total. The number of aromatic nitrogens is 1. The minimum absolute atomic E-state index is 0.111. The van der Waals surface area contributed by atoms with E-state index in [4.69, 9.17) is 5.11 Å². The normalized spacial score (nSPS) is 21.0. The van der Waals surface area contributed by atoms with Crippen LogP contribution in [0.4, 0.5) is 0 Å². The third-order valence-electron chi connectivity index (χ3n) is 11.7. The summed E-state index contributed by atoms with van der Waals surface area (Å²) in [5, 5.41) is 24.2. The van der Waals surface area contributed by atoms with Gasteiger partial charge in [0, 0.05) is 24.3 Å². The summed E-state index contributed by atoms with van der Waals surface area (Å²) in [5.41, 5.74) is 0.937. The first kappa shape index (κ1) is 42.3. The number of para-hydroxylation sites is 1. The zero-order chi connectivity index (χ0) is 39.2. The summed E-state index contributed by atoms with van der Waals surface area (Å²) in [4.78, 5) is 66.8. The van der Waals surface area contributed by atoms with Gasteiger partial charge in [-0.05, 0) is 106 Å². The maximum Gasteiger partial charge on any atom is 0.255 e. The monoisotopic (exact) mass is 779 g/mol. The Morgan fingerprint density at radius 1 is 0.927 bits per heavy atom. The van der Waals surface area contributed by atoms with E-state index in [0.717, 1.165) is 77.2 Å². The molecule has 1 aliphatic heterocycles. The van der Waals surface area contributed by atoms with E-state index < -0.39 is 18.1 Å². The number of aromatic hydroxyl groups is 1. The van der Waals surface area contributed by atoms with Crippen LogP contribution in [0, 0.1) is 17.8 Å². The molecule has 5 fully saturated rings. The molecule has 302 valence electrons. The second-order valence-electron chi connectivity index (χ2n) is 15.8. The van der Waals surface area contributed by atoms with Crippen molar-refractivity contribution in [2.45, 2.75) is 139 Å². The Labute approximate surface area is 329 Å². The van der Waals surface area contributed by atoms with Gasteiger partial charge in [-0.1, -0.05) is 75.7 Å². The highest BCUT2D eigenvalue weighted by atomic mass is 32.2. The molecule has 0 spiro atoms. The molecular formula is C42H61N5O7S. The third kappa shape index (κ3) is 12.3. The van der Waals surface area contributed by atoms with Crippen molar-refractivity contribution >= 4 is 47.0 Å². The van der Waals surface area contributed by atoms with Crippen molar-refractivity contribution in [1.29, 1.82) is 0 Å². The molecule has 5 aliphatic rings. The van der Waals surface area contributed by atoms with Crippen molar-refractivity contribution in [3.05, 3.63) is 52.3 Å². The van der Waals surface area contributed by atoms with E-state index >= 15 is 0 Å². The third-order valence-corrected chi connectivity index (χ3v) is 12.8. The molecule has 2 aromatic rings. The van der Waals surface area contributed by atoms with Gasteiger partial charge in [-0.3, -0.25) is 28.7 Å². The first-order chi connectivity index (χ1) is 26.8. The van der Waals surface area contributed by atoms with Crippen molar-refractivity contribution in [3.8, 4) is 5.75 Å². The van der Waals surface area contributed by atoms with Gasteiger partial charge in [-0.25, -0.2) is 0 Å². The van der Waals surface area contributed by atoms with Crippen LogP contribution < -0.4 is 20.9 Å². The first-order valence-electron chi connectivity index (χ1n) is 20.5. The number of pyridine rings is 1. The number of fused-ring (bicyclic) bond motifs is 1. The lowest BCUT2D eigenvalue weighted by molar-refractivity contribution is -0.142. The molecule has 6 N–H and O–H groups in total. The number of rotatable bonds is 16. The van der Waals surface area contributed by atoms with Crippen molar-refractivity contribution < 1.29 is 29.4 Å². The fourth-order valence-corrected chi connectivity index (χ4v) is 9.04. The molecule has 2 unspecified atom stereocenters. The van der Waals surface area contributed by atoms with E-state index in [1.165, 1.54) is 44.1 Å². The van der Waals surface area contributed by atoms with Crippen molar-refractivity contribution in [2.24, 2.45) is 17.8 Å². The smallest absolute Gasteiger partial charge is 0.255 e. The predicted molar refractivity (Wildman–Crippen MR) is 216 cm³/mol. The van der Waals surface area contributed by atoms with Crippen LogP contribution in [0.1, 0.15) is 115 Å². The van der Waals surface area contributed by atoms with Crippen molar-refractivity contribution in [2.75, 3.05) is 13.7 Å². The molecule has 1 saturated heterocycles. The number of nitrogens with zero attached hydrogens (tertiary/aromatic N) is 1. The second-order valence-corrected chi connectivity index (χ2v) is 16.9. The number of hydrogen-bond donors (Lipinski definition) is 6. The number of carbonyl (C=O) groups excluding carboxylic acids is 4. The highest BCUT2D eigenvalue weighted by molar-refractivity contribution is 7.98. The lowest BCUT2D eigenvalue weighted by Gasteiger charge is -2.31. The Morgan fingerprint density at radius 3 is 2.33 bits per heavy atom. The minimum Gasteiger partial charge on any atom is -0.507 e. The van der Waals surface area contributed by atoms with E-state index in [1.807, 2.05) is 24.3 Å². The average Bonchev–Trinajstić information content (AvgIpc) is 3.97. The van der Waals surface area contributed by atoms with Crippen LogP contribution in [-0.4, -0.2) is 81.3 Å². The van der Waals surface area contributed by atoms with Gasteiger partial charge in [0.25, 0.3) is 11.5 Å². The molecule has 0 radical (unpaired) electrons. The van der Waals surface area contributed by atoms with Gasteiger partial charge in [-0.2, -0.15) is 0 Å². The standard InChI is InChI=1S/C22H34N4O4S.C19H23NO2.CH4O/c27-13-23-19(15-4-1-2-5-15)22(30)26-11-3-6-18(26)21(29)24-17(12-14-7-8-14)20(28)25-31-16-9-10-16;21-18-15-11-6-7-13-17(15)20-19(22)16(18)12-3-1-2-8-14-9-4-5-10-14;1-2/h13-19H,1-12H2,(H,23,27)(H,24,29)(H,25,28);1,3,6-7,11,13-14H,2,4-5,8-10,12H2,(H2,20,21,22);2H,1H3/b;3-1+;/t17?,18?,19-;;/m0../s1. The van der Waals surface area contributed by atoms with Crippen LogP contribution in [0.15, 0.2) is 41.2 Å². The molecule has 4 aliphatic carbocycles. The molecule has 3 atom stereocenters. The summed E-state index contributed by atoms with van der Waals surface area (Å²) in [7, 11) is 1.00. The van der Waals surface area contributed by atoms with Gasteiger partial charge >= 0.3 is 0 Å². The van der Waals surface area contributed by atoms with E-state index in [1.54, 1.807) is 11.0 Å². The van der Waals surface area contributed by atoms with Gasteiger partial charge < -0.3 is 30.7 Å². The first-order valence-corrected chi connectivity index (χ1v) is 21.4. The molecule has 4 saturated carbocycles. The predicted octanol–water partition coefficient (Wildman–Crippen LogP) is 5.41. The molecule has 2 heterocycles. The van der Waals surface area contributed by atoms with Crippen LogP contribution in [0.5, 0.6) is 5.75 Å². The number of benzene rings is 1. The van der Waals surface area contributed by atoms with E-state index in [0.29, 0.717) is 59.9 Å². The number of carbonyl (C=O) groups is 4. The Bertz CT molecular complexity index is 1660. The second kappa shape index (κ2) is 21.5. The molecule has 0 bridgehead atoms. The SMILES string of the molecule is CO.O=CN[C@H](C(=O)N1CCCC1C(=O)NC(CC1CC1)C(=O)NSC1CC1)C1CCCC1.O=c1[nH]c2ccccc2c(O)c1C/C=C/CCC1CCCC1. The summed E-state index contributed by atoms with van der Waals surface area (Å²) in [6, 6.07) is 5.65. The van der Waals surface area contributed by atoms with Gasteiger partial charge in [0.2, 0.25) is 18.2 Å². The number of hydrogen-bond acceptors (Lipinski definition) is 8. The number of aliphatic hydroxyl groups excluding tert-OH is 1. The van der Waals surface area contributed by atoms with Gasteiger partial charge in [0.05, 0.1) is 11.1 Å². The zero-order valence-corrected chi connectivity index (χ0v) is 33.1. The zero-order valence-electron chi connectivity index (χ0n) is 32.3. The molecule has 4 amide bonds. The minimum atomic E-state index is -0.574. The fourth-order valence-electron chi connectivity index (χ4n) is 8.25. The molecule has 13 heteroatoms. The van der Waals surface area contributed by atoms with E-state index in [-0.39, 0.29) is 34.9 Å². The van der Waals surface area contributed by atoms with Crippen LogP contribution in [0.3, 0.4) is 0 Å². The lowest BCUT2D eigenvalue weighted by atomic mass is 9.96. The van der Waals surface area contributed by atoms with Gasteiger partial charge in [0.1, 0.15) is 23.9 Å². The quantitative estimate of drug-likeness (QED) is 0.0744. The average molecular weight is 780 g/mol. The molecule has 1 aromatic heterocycles. The molecule has 7 rings (SSSR count). The van der Waals surface area contributed by atoms with Crippen molar-refractivity contribution in [1.82, 2.24) is 25.2 Å². The summed E-state index contributed by atoms with van der Waals surface area (Å²) in [6.45, 7) is 0.512. The van der Waals surface area contributed by atoms with Crippen LogP contribution in [0.2, 0.25) is 0 Å². The molecule has 1 aromatic carbocycles. The summed E-state index contributed by atoms with van der Waals surface area (Å²) < 4.78 is 2.91. The van der Waals surface area contributed by atoms with E-state index in [2.05, 4.69) is 26.4 Å². The number of nitrogens with one attached hydrogen (secondary N) is 4. The topological polar surface area (TPSA) is 181 Å². The number of allylic oxidation sites excluding steroid dienone is 2. The lowest BCUT2D eigenvalue weighted by Crippen LogP contribution is -2.56. The van der Waals surface area contributed by atoms with Crippen LogP contribution in [-0.2, 0) is 25.6 Å². The number of H-pyrrole nitrogens is 1. The summed E-state index contributed by atoms with van der Waals surface area (Å²) in [6.07, 6.45) is 23.5. The largest absolute Gasteiger partial charge is 0.507 e.